The largest absolute Gasteiger partial charge is 0.381 e. The Morgan fingerprint density at radius 3 is 2.43 bits per heavy atom. The van der Waals surface area contributed by atoms with Crippen molar-refractivity contribution < 1.29 is 4.74 Å². The summed E-state index contributed by atoms with van der Waals surface area (Å²) in [5.74, 6) is 0.611. The Morgan fingerprint density at radius 2 is 2.00 bits per heavy atom. The maximum atomic E-state index is 5.98. The van der Waals surface area contributed by atoms with Crippen molar-refractivity contribution in [3.63, 3.8) is 0 Å². The second-order valence-corrected chi connectivity index (χ2v) is 4.55. The number of hydrogen-bond acceptors (Lipinski definition) is 1. The second-order valence-electron chi connectivity index (χ2n) is 3.90. The fourth-order valence-electron chi connectivity index (χ4n) is 1.79. The summed E-state index contributed by atoms with van der Waals surface area (Å²) in [6.45, 7) is 1.99. The number of hydrogen-bond donors (Lipinski definition) is 0. The van der Waals surface area contributed by atoms with E-state index < -0.39 is 0 Å². The maximum absolute atomic E-state index is 5.98. The molecule has 3 atom stereocenters. The van der Waals surface area contributed by atoms with Crippen molar-refractivity contribution in [2.24, 2.45) is 0 Å². The molecule has 0 amide bonds. The summed E-state index contributed by atoms with van der Waals surface area (Å²) in [6, 6.07) is 8.55. The van der Waals surface area contributed by atoms with Gasteiger partial charge in [0.05, 0.1) is 11.5 Å². The van der Waals surface area contributed by atoms with Crippen LogP contribution in [0.1, 0.15) is 35.8 Å². The van der Waals surface area contributed by atoms with Gasteiger partial charge in [0.25, 0.3) is 0 Å². The number of methoxy groups -OCH3 is 1. The average Bonchev–Trinajstić information content (AvgIpc) is 2.97. The van der Waals surface area contributed by atoms with Gasteiger partial charge in [0, 0.05) is 13.0 Å². The quantitative estimate of drug-likeness (QED) is 0.694. The zero-order valence-electron chi connectivity index (χ0n) is 8.53. The van der Waals surface area contributed by atoms with Gasteiger partial charge >= 0.3 is 0 Å². The topological polar surface area (TPSA) is 9.23 Å². The first-order chi connectivity index (χ1) is 6.72. The lowest BCUT2D eigenvalue weighted by Gasteiger charge is -2.04. The van der Waals surface area contributed by atoms with Crippen LogP contribution < -0.4 is 0 Å². The molecule has 1 saturated carbocycles. The van der Waals surface area contributed by atoms with Crippen LogP contribution in [0.3, 0.4) is 0 Å². The fraction of sp³-hybridized carbons (Fsp3) is 0.500. The highest BCUT2D eigenvalue weighted by Crippen LogP contribution is 2.43. The number of alkyl halides is 1. The number of halogens is 1. The highest BCUT2D eigenvalue weighted by molar-refractivity contribution is 6.20. The minimum absolute atomic E-state index is 0.0986. The van der Waals surface area contributed by atoms with Crippen molar-refractivity contribution in [1.82, 2.24) is 0 Å². The van der Waals surface area contributed by atoms with Crippen molar-refractivity contribution >= 4 is 11.6 Å². The molecule has 0 aromatic heterocycles. The van der Waals surface area contributed by atoms with Crippen LogP contribution in [0.5, 0.6) is 0 Å². The Kier molecular flexibility index (Phi) is 2.80. The van der Waals surface area contributed by atoms with Gasteiger partial charge < -0.3 is 4.74 Å². The van der Waals surface area contributed by atoms with E-state index in [-0.39, 0.29) is 5.38 Å². The Bertz CT molecular complexity index is 305. The van der Waals surface area contributed by atoms with Gasteiger partial charge in [0.15, 0.2) is 0 Å². The van der Waals surface area contributed by atoms with Gasteiger partial charge in [0.2, 0.25) is 0 Å². The summed E-state index contributed by atoms with van der Waals surface area (Å²) in [5.41, 5.74) is 2.56. The Balaban J connectivity index is 2.08. The summed E-state index contributed by atoms with van der Waals surface area (Å²) in [7, 11) is 1.78. The maximum Gasteiger partial charge on any atom is 0.0647 e. The van der Waals surface area contributed by atoms with Crippen LogP contribution in [0.25, 0.3) is 0 Å². The lowest BCUT2D eigenvalue weighted by Crippen LogP contribution is -1.91. The van der Waals surface area contributed by atoms with Crippen LogP contribution in [-0.2, 0) is 4.74 Å². The smallest absolute Gasteiger partial charge is 0.0647 e. The van der Waals surface area contributed by atoms with Crippen LogP contribution in [0.4, 0.5) is 0 Å². The SMILES string of the molecule is CO[C@@H]1C[C@H]1c1ccc(C(C)Cl)cc1. The third kappa shape index (κ3) is 1.94. The lowest BCUT2D eigenvalue weighted by molar-refractivity contribution is 0.178. The van der Waals surface area contributed by atoms with E-state index >= 15 is 0 Å². The molecule has 0 radical (unpaired) electrons. The molecule has 14 heavy (non-hydrogen) atoms. The summed E-state index contributed by atoms with van der Waals surface area (Å²) in [5, 5.41) is 0.0986. The van der Waals surface area contributed by atoms with E-state index in [1.807, 2.05) is 6.92 Å². The van der Waals surface area contributed by atoms with E-state index in [2.05, 4.69) is 24.3 Å². The van der Waals surface area contributed by atoms with E-state index in [1.54, 1.807) is 7.11 Å². The summed E-state index contributed by atoms with van der Waals surface area (Å²) in [6.07, 6.45) is 1.60. The molecule has 0 saturated heterocycles. The third-order valence-corrected chi connectivity index (χ3v) is 3.11. The molecule has 2 rings (SSSR count). The van der Waals surface area contributed by atoms with Crippen LogP contribution in [0, 0.1) is 0 Å². The highest BCUT2D eigenvalue weighted by Gasteiger charge is 2.38. The van der Waals surface area contributed by atoms with Gasteiger partial charge in [-0.05, 0) is 24.5 Å². The molecule has 1 aliphatic rings. The predicted octanol–water partition coefficient (Wildman–Crippen LogP) is 3.49. The molecule has 76 valence electrons. The van der Waals surface area contributed by atoms with E-state index in [0.29, 0.717) is 12.0 Å². The van der Waals surface area contributed by atoms with Crippen LogP contribution in [0.15, 0.2) is 24.3 Å². The molecular formula is C12H15ClO. The zero-order chi connectivity index (χ0) is 10.1. The van der Waals surface area contributed by atoms with Crippen LogP contribution in [-0.4, -0.2) is 13.2 Å². The van der Waals surface area contributed by atoms with E-state index in [0.717, 1.165) is 6.42 Å². The van der Waals surface area contributed by atoms with Crippen LogP contribution >= 0.6 is 11.6 Å². The second kappa shape index (κ2) is 3.92. The molecule has 0 bridgehead atoms. The molecule has 2 heteroatoms. The molecule has 1 fully saturated rings. The van der Waals surface area contributed by atoms with Crippen molar-refractivity contribution in [2.75, 3.05) is 7.11 Å². The summed E-state index contributed by atoms with van der Waals surface area (Å²) >= 11 is 5.98. The standard InChI is InChI=1S/C12H15ClO/c1-8(13)9-3-5-10(6-4-9)11-7-12(11)14-2/h3-6,8,11-12H,7H2,1-2H3/t8?,11-,12+/m0/s1. The molecule has 1 aromatic rings. The molecule has 0 aliphatic heterocycles. The van der Waals surface area contributed by atoms with Crippen molar-refractivity contribution in [3.8, 4) is 0 Å². The highest BCUT2D eigenvalue weighted by atomic mass is 35.5. The molecule has 1 aromatic carbocycles. The van der Waals surface area contributed by atoms with E-state index in [1.165, 1.54) is 11.1 Å². The minimum atomic E-state index is 0.0986. The van der Waals surface area contributed by atoms with Crippen molar-refractivity contribution in [2.45, 2.75) is 30.7 Å². The van der Waals surface area contributed by atoms with Gasteiger partial charge in [-0.3, -0.25) is 0 Å². The summed E-state index contributed by atoms with van der Waals surface area (Å²) in [4.78, 5) is 0. The molecule has 0 spiro atoms. The first-order valence-corrected chi connectivity index (χ1v) is 5.42. The molecule has 0 heterocycles. The molecule has 1 unspecified atom stereocenters. The minimum Gasteiger partial charge on any atom is -0.381 e. The molecule has 1 nitrogen and oxygen atoms in total. The van der Waals surface area contributed by atoms with Gasteiger partial charge in [-0.2, -0.15) is 0 Å². The number of ether oxygens (including phenoxy) is 1. The van der Waals surface area contributed by atoms with E-state index in [4.69, 9.17) is 16.3 Å². The first-order valence-electron chi connectivity index (χ1n) is 4.99. The molecule has 0 N–H and O–H groups in total. The number of rotatable bonds is 3. The molecular weight excluding hydrogens is 196 g/mol. The number of benzene rings is 1. The van der Waals surface area contributed by atoms with E-state index in [9.17, 15) is 0 Å². The Hall–Kier alpha value is -0.530. The van der Waals surface area contributed by atoms with Gasteiger partial charge in [-0.1, -0.05) is 24.3 Å². The van der Waals surface area contributed by atoms with Crippen molar-refractivity contribution in [1.29, 1.82) is 0 Å². The van der Waals surface area contributed by atoms with Crippen LogP contribution in [0.2, 0.25) is 0 Å². The lowest BCUT2D eigenvalue weighted by atomic mass is 10.1. The fourth-order valence-corrected chi connectivity index (χ4v) is 1.94. The first kappa shape index (κ1) is 10.0. The normalized spacial score (nSPS) is 27.4. The Morgan fingerprint density at radius 1 is 1.36 bits per heavy atom. The Labute approximate surface area is 90.0 Å². The van der Waals surface area contributed by atoms with Gasteiger partial charge in [0.1, 0.15) is 0 Å². The predicted molar refractivity (Wildman–Crippen MR) is 58.9 cm³/mol. The molecule has 1 aliphatic carbocycles. The zero-order valence-corrected chi connectivity index (χ0v) is 9.29. The van der Waals surface area contributed by atoms with Gasteiger partial charge in [-0.25, -0.2) is 0 Å². The monoisotopic (exact) mass is 210 g/mol. The summed E-state index contributed by atoms with van der Waals surface area (Å²) < 4.78 is 5.28. The van der Waals surface area contributed by atoms with Crippen molar-refractivity contribution in [3.05, 3.63) is 35.4 Å². The third-order valence-electron chi connectivity index (χ3n) is 2.86. The average molecular weight is 211 g/mol. The van der Waals surface area contributed by atoms with Gasteiger partial charge in [-0.15, -0.1) is 11.6 Å².